The van der Waals surface area contributed by atoms with E-state index in [1.807, 2.05) is 31.1 Å². The molecule has 0 saturated carbocycles. The number of thioether (sulfide) groups is 1. The smallest absolute Gasteiger partial charge is 0.232 e. The molecular formula is C21H32N4O5S2. The Morgan fingerprint density at radius 3 is 2.72 bits per heavy atom. The van der Waals surface area contributed by atoms with Crippen LogP contribution in [0.15, 0.2) is 45.8 Å². The molecule has 0 aliphatic heterocycles. The summed E-state index contributed by atoms with van der Waals surface area (Å²) >= 11 is 1.66. The Kier molecular flexibility index (Phi) is 10.4. The molecule has 2 aromatic rings. The molecule has 0 spiro atoms. The number of nitrogens with zero attached hydrogens (tertiary/aromatic N) is 2. The molecule has 0 saturated heterocycles. The van der Waals surface area contributed by atoms with Crippen molar-refractivity contribution >= 4 is 27.7 Å². The largest absolute Gasteiger partial charge is 0.497 e. The van der Waals surface area contributed by atoms with E-state index in [4.69, 9.17) is 9.15 Å². The quantitative estimate of drug-likeness (QED) is 0.237. The maximum Gasteiger partial charge on any atom is 0.232 e. The predicted molar refractivity (Wildman–Crippen MR) is 128 cm³/mol. The van der Waals surface area contributed by atoms with Gasteiger partial charge in [-0.25, -0.2) is 13.4 Å². The van der Waals surface area contributed by atoms with E-state index in [1.165, 1.54) is 0 Å². The number of rotatable bonds is 12. The fraction of sp³-hybridized carbons (Fsp3) is 0.476. The number of sulfonamides is 1. The van der Waals surface area contributed by atoms with Crippen LogP contribution in [0.2, 0.25) is 0 Å². The van der Waals surface area contributed by atoms with Gasteiger partial charge >= 0.3 is 0 Å². The molecule has 0 radical (unpaired) electrons. The van der Waals surface area contributed by atoms with Gasteiger partial charge in [0.25, 0.3) is 0 Å². The van der Waals surface area contributed by atoms with Crippen molar-refractivity contribution in [2.24, 2.45) is 4.99 Å². The molecule has 3 N–H and O–H groups in total. The lowest BCUT2D eigenvalue weighted by atomic mass is 10.1. The van der Waals surface area contributed by atoms with Gasteiger partial charge in [0, 0.05) is 12.3 Å². The van der Waals surface area contributed by atoms with Crippen molar-refractivity contribution in [2.45, 2.75) is 18.4 Å². The molecule has 11 heteroatoms. The van der Waals surface area contributed by atoms with Crippen molar-refractivity contribution in [3.8, 4) is 5.75 Å². The zero-order valence-corrected chi connectivity index (χ0v) is 20.5. The maximum absolute atomic E-state index is 11.7. The number of ether oxygens (including phenoxy) is 1. The first-order valence-electron chi connectivity index (χ1n) is 10.0. The van der Waals surface area contributed by atoms with E-state index in [9.17, 15) is 13.5 Å². The van der Waals surface area contributed by atoms with E-state index in [0.717, 1.165) is 30.1 Å². The van der Waals surface area contributed by atoms with E-state index < -0.39 is 16.1 Å². The average molecular weight is 485 g/mol. The van der Waals surface area contributed by atoms with Crippen molar-refractivity contribution in [1.82, 2.24) is 14.9 Å². The number of benzene rings is 1. The fourth-order valence-corrected chi connectivity index (χ4v) is 3.98. The summed E-state index contributed by atoms with van der Waals surface area (Å²) in [5.41, 5.74) is 0.634. The van der Waals surface area contributed by atoms with Crippen LogP contribution in [0.25, 0.3) is 0 Å². The summed E-state index contributed by atoms with van der Waals surface area (Å²) in [5, 5.41) is 13.4. The minimum Gasteiger partial charge on any atom is -0.497 e. The Labute approximate surface area is 194 Å². The molecule has 0 fully saturated rings. The van der Waals surface area contributed by atoms with Gasteiger partial charge in [-0.1, -0.05) is 12.1 Å². The highest BCUT2D eigenvalue weighted by atomic mass is 32.2. The molecule has 1 heterocycles. The van der Waals surface area contributed by atoms with Crippen LogP contribution in [-0.2, 0) is 22.3 Å². The van der Waals surface area contributed by atoms with E-state index in [0.29, 0.717) is 23.6 Å². The van der Waals surface area contributed by atoms with Gasteiger partial charge in [-0.15, -0.1) is 0 Å². The lowest BCUT2D eigenvalue weighted by molar-refractivity contribution is 0.186. The number of furan rings is 1. The number of methoxy groups -OCH3 is 1. The highest BCUT2D eigenvalue weighted by Gasteiger charge is 2.11. The first kappa shape index (κ1) is 26.0. The number of nitrogens with one attached hydrogen (secondary N) is 2. The highest BCUT2D eigenvalue weighted by molar-refractivity contribution is 7.98. The summed E-state index contributed by atoms with van der Waals surface area (Å²) in [4.78, 5) is 6.26. The minimum absolute atomic E-state index is 0.00773. The number of hydrogen-bond donors (Lipinski definition) is 3. The third kappa shape index (κ3) is 9.94. The van der Waals surface area contributed by atoms with Gasteiger partial charge in [0.15, 0.2) is 0 Å². The Balaban J connectivity index is 1.85. The summed E-state index contributed by atoms with van der Waals surface area (Å²) in [6, 6.07) is 11.0. The van der Waals surface area contributed by atoms with Crippen LogP contribution in [0.3, 0.4) is 0 Å². The molecule has 1 aromatic heterocycles. The Hall–Kier alpha value is -2.21. The zero-order chi connectivity index (χ0) is 23.6. The SMILES string of the molecule is COc1cccc(C(O)CN=C(NCCSCc2ccc(CN(C)C)o2)NS(C)(=O)=O)c1. The van der Waals surface area contributed by atoms with E-state index in [1.54, 1.807) is 43.1 Å². The number of guanidine groups is 1. The van der Waals surface area contributed by atoms with Gasteiger partial charge in [-0.2, -0.15) is 11.8 Å². The number of aliphatic hydroxyl groups excluding tert-OH is 1. The molecule has 1 aromatic carbocycles. The molecular weight excluding hydrogens is 452 g/mol. The number of aliphatic imine (C=N–C) groups is 1. The van der Waals surface area contributed by atoms with Crippen LogP contribution in [-0.4, -0.2) is 70.7 Å². The van der Waals surface area contributed by atoms with Crippen LogP contribution in [0.1, 0.15) is 23.2 Å². The van der Waals surface area contributed by atoms with Crippen molar-refractivity contribution in [3.63, 3.8) is 0 Å². The summed E-state index contributed by atoms with van der Waals surface area (Å²) in [6.45, 7) is 1.24. The molecule has 178 valence electrons. The van der Waals surface area contributed by atoms with E-state index in [2.05, 4.69) is 15.0 Å². The fourth-order valence-electron chi connectivity index (χ4n) is 2.74. The van der Waals surface area contributed by atoms with E-state index in [-0.39, 0.29) is 12.5 Å². The normalized spacial score (nSPS) is 13.2. The molecule has 0 aliphatic carbocycles. The molecule has 0 amide bonds. The first-order chi connectivity index (χ1) is 15.2. The van der Waals surface area contributed by atoms with Crippen LogP contribution < -0.4 is 14.8 Å². The highest BCUT2D eigenvalue weighted by Crippen LogP contribution is 2.19. The summed E-state index contributed by atoms with van der Waals surface area (Å²) in [6.07, 6.45) is 0.160. The third-order valence-corrected chi connectivity index (χ3v) is 5.70. The topological polar surface area (TPSA) is 116 Å². The molecule has 1 unspecified atom stereocenters. The van der Waals surface area contributed by atoms with Gasteiger partial charge in [0.05, 0.1) is 38.3 Å². The predicted octanol–water partition coefficient (Wildman–Crippen LogP) is 1.81. The monoisotopic (exact) mass is 484 g/mol. The van der Waals surface area contributed by atoms with Crippen LogP contribution in [0, 0.1) is 0 Å². The average Bonchev–Trinajstić information content (AvgIpc) is 3.16. The standard InChI is InChI=1S/C21H32N4O5S2/c1-25(2)14-18-8-9-19(30-18)15-31-11-10-22-21(24-32(4,27)28)23-13-20(26)16-6-5-7-17(12-16)29-3/h5-9,12,20,26H,10-11,13-15H2,1-4H3,(H2,22,23,24). The molecule has 0 aliphatic rings. The summed E-state index contributed by atoms with van der Waals surface area (Å²) in [7, 11) is 2.02. The van der Waals surface area contributed by atoms with Crippen molar-refractivity contribution in [3.05, 3.63) is 53.5 Å². The van der Waals surface area contributed by atoms with Crippen LogP contribution in [0.4, 0.5) is 0 Å². The summed E-state index contributed by atoms with van der Waals surface area (Å²) in [5.74, 6) is 3.98. The third-order valence-electron chi connectivity index (χ3n) is 4.16. The van der Waals surface area contributed by atoms with Crippen LogP contribution >= 0.6 is 11.8 Å². The zero-order valence-electron chi connectivity index (χ0n) is 18.9. The minimum atomic E-state index is -3.51. The van der Waals surface area contributed by atoms with Gasteiger partial charge in [-0.3, -0.25) is 4.72 Å². The Bertz CT molecular complexity index is 976. The second-order valence-corrected chi connectivity index (χ2v) is 10.3. The maximum atomic E-state index is 11.7. The van der Waals surface area contributed by atoms with Crippen molar-refractivity contribution in [1.29, 1.82) is 0 Å². The van der Waals surface area contributed by atoms with Crippen LogP contribution in [0.5, 0.6) is 5.75 Å². The second kappa shape index (κ2) is 12.7. The van der Waals surface area contributed by atoms with E-state index >= 15 is 0 Å². The number of aliphatic hydroxyl groups is 1. The molecule has 2 rings (SSSR count). The lowest BCUT2D eigenvalue weighted by Gasteiger charge is -2.13. The van der Waals surface area contributed by atoms with Gasteiger partial charge in [0.2, 0.25) is 16.0 Å². The second-order valence-electron chi connectivity index (χ2n) is 7.44. The van der Waals surface area contributed by atoms with Gasteiger partial charge < -0.3 is 24.5 Å². The molecule has 1 atom stereocenters. The summed E-state index contributed by atoms with van der Waals surface area (Å²) < 4.78 is 36.6. The molecule has 0 bridgehead atoms. The van der Waals surface area contributed by atoms with Crippen molar-refractivity contribution < 1.29 is 22.7 Å². The van der Waals surface area contributed by atoms with Crippen molar-refractivity contribution in [2.75, 3.05) is 46.3 Å². The van der Waals surface area contributed by atoms with Gasteiger partial charge in [0.1, 0.15) is 17.3 Å². The Morgan fingerprint density at radius 2 is 2.03 bits per heavy atom. The molecule has 9 nitrogen and oxygen atoms in total. The Morgan fingerprint density at radius 1 is 1.28 bits per heavy atom. The number of hydrogen-bond acceptors (Lipinski definition) is 8. The lowest BCUT2D eigenvalue weighted by Crippen LogP contribution is -2.41. The first-order valence-corrected chi connectivity index (χ1v) is 13.1. The molecule has 32 heavy (non-hydrogen) atoms. The van der Waals surface area contributed by atoms with Gasteiger partial charge in [-0.05, 0) is 43.9 Å².